The lowest BCUT2D eigenvalue weighted by molar-refractivity contribution is -0.140. The molecule has 0 saturated carbocycles. The SMILES string of the molecule is COC(=O)CN1C(=O)C2(C(C(=O)OC)=C(N)Oc3cc(C)oc(=O)c32)c2ccccc21. The molecule has 1 aromatic carbocycles. The molecule has 0 aliphatic carbocycles. The van der Waals surface area contributed by atoms with Gasteiger partial charge in [-0.25, -0.2) is 9.59 Å². The maximum atomic E-state index is 14.0. The number of benzene rings is 1. The number of anilines is 1. The van der Waals surface area contributed by atoms with E-state index in [0.29, 0.717) is 5.69 Å². The molecule has 2 aliphatic heterocycles. The number of hydrogen-bond donors (Lipinski definition) is 1. The first kappa shape index (κ1) is 20.2. The highest BCUT2D eigenvalue weighted by molar-refractivity contribution is 6.19. The first-order valence-corrected chi connectivity index (χ1v) is 9.17. The van der Waals surface area contributed by atoms with E-state index in [9.17, 15) is 19.2 Å². The molecule has 1 spiro atoms. The number of carbonyl (C=O) groups is 3. The summed E-state index contributed by atoms with van der Waals surface area (Å²) in [4.78, 5) is 53.0. The van der Waals surface area contributed by atoms with Gasteiger partial charge in [-0.3, -0.25) is 14.5 Å². The Kier molecular flexibility index (Phi) is 4.57. The Bertz CT molecular complexity index is 1230. The number of ether oxygens (including phenoxy) is 3. The van der Waals surface area contributed by atoms with Crippen LogP contribution in [0.1, 0.15) is 16.9 Å². The highest BCUT2D eigenvalue weighted by Crippen LogP contribution is 2.54. The van der Waals surface area contributed by atoms with Gasteiger partial charge in [-0.05, 0) is 13.0 Å². The van der Waals surface area contributed by atoms with Crippen LogP contribution in [0.2, 0.25) is 0 Å². The molecule has 0 saturated heterocycles. The van der Waals surface area contributed by atoms with E-state index in [1.807, 2.05) is 0 Å². The number of nitrogens with two attached hydrogens (primary N) is 1. The number of hydrogen-bond acceptors (Lipinski definition) is 9. The van der Waals surface area contributed by atoms with Crippen molar-refractivity contribution in [1.82, 2.24) is 0 Å². The van der Waals surface area contributed by atoms with Gasteiger partial charge in [0, 0.05) is 17.3 Å². The van der Waals surface area contributed by atoms with Crippen molar-refractivity contribution in [2.45, 2.75) is 12.3 Å². The number of fused-ring (bicyclic) bond motifs is 4. The van der Waals surface area contributed by atoms with Crippen molar-refractivity contribution in [2.75, 3.05) is 25.7 Å². The third kappa shape index (κ3) is 2.64. The lowest BCUT2D eigenvalue weighted by atomic mass is 9.69. The summed E-state index contributed by atoms with van der Waals surface area (Å²) < 4.78 is 20.4. The second kappa shape index (κ2) is 7.01. The van der Waals surface area contributed by atoms with Crippen molar-refractivity contribution in [3.63, 3.8) is 0 Å². The quantitative estimate of drug-likeness (QED) is 0.695. The molecule has 0 radical (unpaired) electrons. The largest absolute Gasteiger partial charge is 0.468 e. The normalized spacial score (nSPS) is 19.1. The molecule has 10 heteroatoms. The fourth-order valence-corrected chi connectivity index (χ4v) is 4.12. The zero-order valence-corrected chi connectivity index (χ0v) is 16.9. The van der Waals surface area contributed by atoms with Crippen molar-refractivity contribution in [2.24, 2.45) is 5.73 Å². The molecule has 4 rings (SSSR count). The Labute approximate surface area is 175 Å². The van der Waals surface area contributed by atoms with Gasteiger partial charge in [0.1, 0.15) is 34.6 Å². The number of amides is 1. The average molecular weight is 426 g/mol. The van der Waals surface area contributed by atoms with Gasteiger partial charge in [-0.2, -0.15) is 0 Å². The summed E-state index contributed by atoms with van der Waals surface area (Å²) in [6.45, 7) is 1.08. The standard InChI is InChI=1S/C21H18N2O8/c1-10-8-13-15(19(26)30-10)21(16(17(22)31-13)18(25)29-3)11-6-4-5-7-12(11)23(20(21)27)9-14(24)28-2/h4-8H,9,22H2,1-3H3. The topological polar surface area (TPSA) is 138 Å². The molecule has 0 fully saturated rings. The molecule has 2 aliphatic rings. The van der Waals surface area contributed by atoms with E-state index in [2.05, 4.69) is 0 Å². The van der Waals surface area contributed by atoms with Crippen LogP contribution < -0.4 is 21.0 Å². The van der Waals surface area contributed by atoms with Crippen molar-refractivity contribution in [3.05, 3.63) is 69.1 Å². The Morgan fingerprint density at radius 3 is 2.55 bits per heavy atom. The van der Waals surface area contributed by atoms with E-state index >= 15 is 0 Å². The van der Waals surface area contributed by atoms with E-state index in [1.54, 1.807) is 24.3 Å². The van der Waals surface area contributed by atoms with E-state index in [-0.39, 0.29) is 28.2 Å². The molecule has 1 amide bonds. The predicted molar refractivity (Wildman–Crippen MR) is 105 cm³/mol. The van der Waals surface area contributed by atoms with Crippen molar-refractivity contribution in [1.29, 1.82) is 0 Å². The van der Waals surface area contributed by atoms with Gasteiger partial charge in [0.2, 0.25) is 11.8 Å². The number of aryl methyl sites for hydroxylation is 1. The van der Waals surface area contributed by atoms with Crippen LogP contribution in [-0.2, 0) is 29.3 Å². The number of carbonyl (C=O) groups excluding carboxylic acids is 3. The van der Waals surface area contributed by atoms with Crippen LogP contribution in [0.3, 0.4) is 0 Å². The smallest absolute Gasteiger partial charge is 0.344 e. The molecule has 2 aromatic rings. The second-order valence-corrected chi connectivity index (χ2v) is 6.95. The van der Waals surface area contributed by atoms with Gasteiger partial charge >= 0.3 is 17.6 Å². The maximum Gasteiger partial charge on any atom is 0.344 e. The molecule has 0 bridgehead atoms. The van der Waals surface area contributed by atoms with Crippen LogP contribution in [0.15, 0.2) is 51.0 Å². The first-order chi connectivity index (χ1) is 14.8. The number of para-hydroxylation sites is 1. The lowest BCUT2D eigenvalue weighted by Crippen LogP contribution is -2.51. The van der Waals surface area contributed by atoms with E-state index in [0.717, 1.165) is 12.0 Å². The van der Waals surface area contributed by atoms with Gasteiger partial charge in [0.25, 0.3) is 0 Å². The number of esters is 2. The fraction of sp³-hybridized carbons (Fsp3) is 0.238. The van der Waals surface area contributed by atoms with Gasteiger partial charge in [-0.1, -0.05) is 18.2 Å². The number of methoxy groups -OCH3 is 2. The highest BCUT2D eigenvalue weighted by atomic mass is 16.5. The van der Waals surface area contributed by atoms with Crippen molar-refractivity contribution in [3.8, 4) is 5.75 Å². The van der Waals surface area contributed by atoms with E-state index in [4.69, 9.17) is 24.4 Å². The van der Waals surface area contributed by atoms with Gasteiger partial charge in [0.05, 0.1) is 14.2 Å². The molecule has 1 aromatic heterocycles. The van der Waals surface area contributed by atoms with Gasteiger partial charge < -0.3 is 24.4 Å². The van der Waals surface area contributed by atoms with Crippen LogP contribution in [0.4, 0.5) is 5.69 Å². The molecular formula is C21H18N2O8. The number of rotatable bonds is 3. The monoisotopic (exact) mass is 426 g/mol. The summed E-state index contributed by atoms with van der Waals surface area (Å²) in [6, 6.07) is 7.83. The number of nitrogens with zero attached hydrogens (tertiary/aromatic N) is 1. The molecule has 10 nitrogen and oxygen atoms in total. The average Bonchev–Trinajstić information content (AvgIpc) is 2.96. The molecule has 1 atom stereocenters. The van der Waals surface area contributed by atoms with Crippen LogP contribution in [-0.4, -0.2) is 38.6 Å². The zero-order chi connectivity index (χ0) is 22.5. The fourth-order valence-electron chi connectivity index (χ4n) is 4.12. The molecule has 1 unspecified atom stereocenters. The molecular weight excluding hydrogens is 408 g/mol. The van der Waals surface area contributed by atoms with Crippen molar-refractivity contribution >= 4 is 23.5 Å². The Hall–Kier alpha value is -4.08. The van der Waals surface area contributed by atoms with E-state index in [1.165, 1.54) is 20.1 Å². The van der Waals surface area contributed by atoms with Gasteiger partial charge in [0.15, 0.2) is 0 Å². The van der Waals surface area contributed by atoms with Crippen LogP contribution in [0.5, 0.6) is 5.75 Å². The lowest BCUT2D eigenvalue weighted by Gasteiger charge is -2.34. The Morgan fingerprint density at radius 1 is 1.16 bits per heavy atom. The van der Waals surface area contributed by atoms with E-state index < -0.39 is 41.3 Å². The van der Waals surface area contributed by atoms with Crippen LogP contribution >= 0.6 is 0 Å². The minimum absolute atomic E-state index is 0.0259. The van der Waals surface area contributed by atoms with Crippen molar-refractivity contribution < 1.29 is 33.0 Å². The maximum absolute atomic E-state index is 14.0. The summed E-state index contributed by atoms with van der Waals surface area (Å²) in [5.41, 5.74) is 3.14. The summed E-state index contributed by atoms with van der Waals surface area (Å²) >= 11 is 0. The molecule has 160 valence electrons. The van der Waals surface area contributed by atoms with Crippen LogP contribution in [0.25, 0.3) is 0 Å². The van der Waals surface area contributed by atoms with Crippen LogP contribution in [0, 0.1) is 6.92 Å². The summed E-state index contributed by atoms with van der Waals surface area (Å²) in [6.07, 6.45) is 0. The second-order valence-electron chi connectivity index (χ2n) is 6.95. The minimum Gasteiger partial charge on any atom is -0.468 e. The minimum atomic E-state index is -2.02. The third-order valence-corrected chi connectivity index (χ3v) is 5.32. The highest BCUT2D eigenvalue weighted by Gasteiger charge is 2.63. The summed E-state index contributed by atoms with van der Waals surface area (Å²) in [5.74, 6) is -2.62. The first-order valence-electron chi connectivity index (χ1n) is 9.17. The zero-order valence-electron chi connectivity index (χ0n) is 16.9. The third-order valence-electron chi connectivity index (χ3n) is 5.32. The molecule has 31 heavy (non-hydrogen) atoms. The Morgan fingerprint density at radius 2 is 1.87 bits per heavy atom. The summed E-state index contributed by atoms with van der Waals surface area (Å²) in [7, 11) is 2.30. The predicted octanol–water partition coefficient (Wildman–Crippen LogP) is 0.490. The summed E-state index contributed by atoms with van der Waals surface area (Å²) in [5, 5.41) is 0. The molecule has 2 N–H and O–H groups in total. The Balaban J connectivity index is 2.14. The molecule has 3 heterocycles. The van der Waals surface area contributed by atoms with Gasteiger partial charge in [-0.15, -0.1) is 0 Å².